The zero-order valence-electron chi connectivity index (χ0n) is 17.2. The maximum Gasteiger partial charge on any atom is 0.164 e. The lowest BCUT2D eigenvalue weighted by Gasteiger charge is -2.47. The van der Waals surface area contributed by atoms with Crippen LogP contribution in [0.2, 0.25) is 0 Å². The Balaban J connectivity index is 1.43. The lowest BCUT2D eigenvalue weighted by Crippen LogP contribution is -2.39. The van der Waals surface area contributed by atoms with Crippen LogP contribution in [-0.4, -0.2) is 29.5 Å². The number of hydrogen-bond acceptors (Lipinski definition) is 4. The topological polar surface area (TPSA) is 72.3 Å². The molecular formula is C24H26N6. The van der Waals surface area contributed by atoms with E-state index in [9.17, 15) is 0 Å². The van der Waals surface area contributed by atoms with Crippen molar-refractivity contribution in [3.63, 3.8) is 0 Å². The van der Waals surface area contributed by atoms with E-state index in [2.05, 4.69) is 32.5 Å². The Morgan fingerprint density at radius 3 is 2.67 bits per heavy atom. The number of H-pyrrole nitrogens is 1. The average Bonchev–Trinajstić information content (AvgIpc) is 3.47. The van der Waals surface area contributed by atoms with Gasteiger partial charge in [-0.05, 0) is 67.9 Å². The van der Waals surface area contributed by atoms with Gasteiger partial charge in [0.1, 0.15) is 17.8 Å². The Hall–Kier alpha value is -3.02. The van der Waals surface area contributed by atoms with E-state index < -0.39 is 0 Å². The Bertz CT molecular complexity index is 1170. The Morgan fingerprint density at radius 2 is 1.87 bits per heavy atom. The average molecular weight is 399 g/mol. The molecule has 3 fully saturated rings. The Morgan fingerprint density at radius 1 is 1.07 bits per heavy atom. The first kappa shape index (κ1) is 17.8. The molecule has 2 atom stereocenters. The molecule has 6 heteroatoms. The molecule has 1 N–H and O–H groups in total. The monoisotopic (exact) mass is 398 g/mol. The highest BCUT2D eigenvalue weighted by molar-refractivity contribution is 5.90. The maximum atomic E-state index is 5.05. The van der Waals surface area contributed by atoms with Crippen LogP contribution in [0.5, 0.6) is 0 Å². The van der Waals surface area contributed by atoms with Crippen molar-refractivity contribution < 1.29 is 0 Å². The lowest BCUT2D eigenvalue weighted by atomic mass is 9.58. The van der Waals surface area contributed by atoms with E-state index >= 15 is 0 Å². The first-order valence-corrected chi connectivity index (χ1v) is 11.0. The molecule has 7 rings (SSSR count). The fourth-order valence-electron chi connectivity index (χ4n) is 5.84. The van der Waals surface area contributed by atoms with Gasteiger partial charge in [-0.15, -0.1) is 0 Å². The third-order valence-corrected chi connectivity index (χ3v) is 7.52. The van der Waals surface area contributed by atoms with Gasteiger partial charge in [-0.3, -0.25) is 0 Å². The smallest absolute Gasteiger partial charge is 0.164 e. The van der Waals surface area contributed by atoms with Crippen molar-refractivity contribution >= 4 is 11.0 Å². The molecule has 0 amide bonds. The summed E-state index contributed by atoms with van der Waals surface area (Å²) in [4.78, 5) is 21.7. The molecule has 152 valence electrons. The summed E-state index contributed by atoms with van der Waals surface area (Å²) in [5, 5.41) is 0.957. The van der Waals surface area contributed by atoms with E-state index in [0.29, 0.717) is 0 Å². The van der Waals surface area contributed by atoms with Gasteiger partial charge in [0.25, 0.3) is 0 Å². The fourth-order valence-corrected chi connectivity index (χ4v) is 5.84. The molecule has 4 heterocycles. The van der Waals surface area contributed by atoms with Crippen LogP contribution in [0.1, 0.15) is 38.3 Å². The number of fused-ring (bicyclic) bond motifs is 4. The second-order valence-electron chi connectivity index (χ2n) is 9.02. The minimum atomic E-state index is 0.726. The SMILES string of the molecule is CC1C2CCC(CC2)C1Cc1cc(-n2cccc2)nc(-c2c[nH]c3ncncc23)n1. The highest BCUT2D eigenvalue weighted by Gasteiger charge is 2.41. The largest absolute Gasteiger partial charge is 0.345 e. The van der Waals surface area contributed by atoms with E-state index in [4.69, 9.17) is 9.97 Å². The van der Waals surface area contributed by atoms with Crippen molar-refractivity contribution in [2.75, 3.05) is 0 Å². The zero-order valence-corrected chi connectivity index (χ0v) is 17.2. The van der Waals surface area contributed by atoms with Gasteiger partial charge in [0.05, 0.1) is 0 Å². The van der Waals surface area contributed by atoms with Crippen LogP contribution in [0, 0.1) is 23.7 Å². The van der Waals surface area contributed by atoms with Crippen LogP contribution in [0.25, 0.3) is 28.2 Å². The van der Waals surface area contributed by atoms with Crippen LogP contribution >= 0.6 is 0 Å². The predicted molar refractivity (Wildman–Crippen MR) is 116 cm³/mol. The number of aromatic nitrogens is 6. The molecule has 4 aromatic heterocycles. The van der Waals surface area contributed by atoms with Crippen molar-refractivity contribution in [1.29, 1.82) is 0 Å². The summed E-state index contributed by atoms with van der Waals surface area (Å²) in [5.41, 5.74) is 2.91. The predicted octanol–water partition coefficient (Wildman–Crippen LogP) is 4.82. The molecule has 3 saturated carbocycles. The standard InChI is InChI=1S/C24H26N6/c1-15-16-4-6-17(7-5-16)19(15)10-18-11-22(30-8-2-3-9-30)29-24(28-18)21-13-26-23-20(21)12-25-14-27-23/h2-3,8-9,11-17,19H,4-7,10H2,1H3,(H,25,26,27). The number of aromatic amines is 1. The highest BCUT2D eigenvalue weighted by atomic mass is 15.1. The van der Waals surface area contributed by atoms with Crippen molar-refractivity contribution in [1.82, 2.24) is 29.5 Å². The molecule has 6 nitrogen and oxygen atoms in total. The Kier molecular flexibility index (Phi) is 4.18. The van der Waals surface area contributed by atoms with Gasteiger partial charge >= 0.3 is 0 Å². The molecule has 4 aromatic rings. The summed E-state index contributed by atoms with van der Waals surface area (Å²) in [7, 11) is 0. The second-order valence-corrected chi connectivity index (χ2v) is 9.02. The summed E-state index contributed by atoms with van der Waals surface area (Å²) in [6, 6.07) is 6.23. The molecule has 3 aliphatic carbocycles. The zero-order chi connectivity index (χ0) is 20.1. The molecule has 0 radical (unpaired) electrons. The van der Waals surface area contributed by atoms with Gasteiger partial charge in [-0.2, -0.15) is 0 Å². The highest BCUT2D eigenvalue weighted by Crippen LogP contribution is 2.49. The molecule has 0 spiro atoms. The van der Waals surface area contributed by atoms with E-state index in [1.54, 1.807) is 6.33 Å². The second kappa shape index (κ2) is 7.04. The van der Waals surface area contributed by atoms with Gasteiger partial charge < -0.3 is 9.55 Å². The molecule has 0 saturated heterocycles. The van der Waals surface area contributed by atoms with Crippen LogP contribution in [0.15, 0.2) is 49.3 Å². The van der Waals surface area contributed by atoms with Crippen molar-refractivity contribution in [2.45, 2.75) is 39.0 Å². The molecule has 2 bridgehead atoms. The Labute approximate surface area is 175 Å². The third kappa shape index (κ3) is 2.93. The molecule has 0 aromatic carbocycles. The molecule has 3 aliphatic rings. The first-order valence-electron chi connectivity index (χ1n) is 11.0. The van der Waals surface area contributed by atoms with E-state index in [1.165, 1.54) is 25.7 Å². The van der Waals surface area contributed by atoms with Gasteiger partial charge in [0, 0.05) is 47.5 Å². The van der Waals surface area contributed by atoms with E-state index in [0.717, 1.165) is 64.0 Å². The van der Waals surface area contributed by atoms with Crippen molar-refractivity contribution in [3.8, 4) is 17.2 Å². The minimum Gasteiger partial charge on any atom is -0.345 e. The molecular weight excluding hydrogens is 372 g/mol. The first-order chi connectivity index (χ1) is 14.8. The van der Waals surface area contributed by atoms with Crippen LogP contribution < -0.4 is 0 Å². The van der Waals surface area contributed by atoms with Crippen LogP contribution in [-0.2, 0) is 6.42 Å². The van der Waals surface area contributed by atoms with Crippen molar-refractivity contribution in [2.24, 2.45) is 23.7 Å². The summed E-state index contributed by atoms with van der Waals surface area (Å²) < 4.78 is 2.07. The number of nitrogens with zero attached hydrogens (tertiary/aromatic N) is 5. The number of nitrogens with one attached hydrogen (secondary N) is 1. The summed E-state index contributed by atoms with van der Waals surface area (Å²) in [6.07, 6.45) is 16.1. The maximum absolute atomic E-state index is 5.05. The number of hydrogen-bond donors (Lipinski definition) is 1. The van der Waals surface area contributed by atoms with Crippen molar-refractivity contribution in [3.05, 3.63) is 55.0 Å². The fraction of sp³-hybridized carbons (Fsp3) is 0.417. The van der Waals surface area contributed by atoms with Crippen LogP contribution in [0.4, 0.5) is 0 Å². The quantitative estimate of drug-likeness (QED) is 0.535. The molecule has 2 unspecified atom stereocenters. The van der Waals surface area contributed by atoms with Gasteiger partial charge in [-0.1, -0.05) is 6.92 Å². The van der Waals surface area contributed by atoms with E-state index in [-0.39, 0.29) is 0 Å². The van der Waals surface area contributed by atoms with E-state index in [1.807, 2.05) is 36.9 Å². The van der Waals surface area contributed by atoms with Gasteiger partial charge in [-0.25, -0.2) is 19.9 Å². The van der Waals surface area contributed by atoms with Crippen LogP contribution in [0.3, 0.4) is 0 Å². The third-order valence-electron chi connectivity index (χ3n) is 7.52. The normalized spacial score (nSPS) is 25.8. The number of rotatable bonds is 4. The summed E-state index contributed by atoms with van der Waals surface area (Å²) >= 11 is 0. The van der Waals surface area contributed by atoms with Gasteiger partial charge in [0.2, 0.25) is 0 Å². The molecule has 30 heavy (non-hydrogen) atoms. The van der Waals surface area contributed by atoms with Gasteiger partial charge in [0.15, 0.2) is 5.82 Å². The molecule has 0 aliphatic heterocycles. The summed E-state index contributed by atoms with van der Waals surface area (Å²) in [6.45, 7) is 2.46. The minimum absolute atomic E-state index is 0.726. The summed E-state index contributed by atoms with van der Waals surface area (Å²) in [5.74, 6) is 4.91. The lowest BCUT2D eigenvalue weighted by molar-refractivity contribution is 0.0339.